The van der Waals surface area contributed by atoms with Crippen LogP contribution in [0.15, 0.2) is 83.9 Å². The van der Waals surface area contributed by atoms with Crippen LogP contribution in [0.3, 0.4) is 0 Å². The lowest BCUT2D eigenvalue weighted by atomic mass is 10.1. The van der Waals surface area contributed by atoms with Crippen molar-refractivity contribution in [3.05, 3.63) is 112 Å². The first-order chi connectivity index (χ1) is 20.0. The highest BCUT2D eigenvalue weighted by Gasteiger charge is 2.39. The number of nitrogens with zero attached hydrogens (tertiary/aromatic N) is 6. The normalized spacial score (nSPS) is 12.3. The monoisotopic (exact) mass is 597 g/mol. The van der Waals surface area contributed by atoms with Crippen molar-refractivity contribution >= 4 is 23.2 Å². The predicted octanol–water partition coefficient (Wildman–Crippen LogP) is 4.48. The van der Waals surface area contributed by atoms with E-state index in [0.717, 1.165) is 14.8 Å². The molecule has 0 aliphatic rings. The zero-order chi connectivity index (χ0) is 30.0. The number of aliphatic hydroxyl groups is 1. The smallest absolute Gasteiger partial charge is 0.382 e. The number of aromatic nitrogens is 6. The molecule has 42 heavy (non-hydrogen) atoms. The second-order valence-corrected chi connectivity index (χ2v) is 9.77. The van der Waals surface area contributed by atoms with Gasteiger partial charge in [-0.15, -0.1) is 10.2 Å². The Labute approximate surface area is 241 Å². The summed E-state index contributed by atoms with van der Waals surface area (Å²) in [6.45, 7) is 0.515. The molecule has 0 bridgehead atoms. The van der Waals surface area contributed by atoms with Crippen LogP contribution in [0.4, 0.5) is 18.9 Å². The zero-order valence-corrected chi connectivity index (χ0v) is 22.7. The second-order valence-electron chi connectivity index (χ2n) is 9.33. The van der Waals surface area contributed by atoms with Crippen molar-refractivity contribution in [2.45, 2.75) is 32.3 Å². The first-order valence-corrected chi connectivity index (χ1v) is 12.9. The van der Waals surface area contributed by atoms with E-state index in [-0.39, 0.29) is 24.1 Å². The number of halogens is 4. The Morgan fingerprint density at radius 2 is 1.71 bits per heavy atom. The minimum absolute atomic E-state index is 0.0994. The van der Waals surface area contributed by atoms with Gasteiger partial charge in [-0.1, -0.05) is 41.9 Å². The van der Waals surface area contributed by atoms with E-state index in [4.69, 9.17) is 11.6 Å². The predicted molar refractivity (Wildman–Crippen MR) is 149 cm³/mol. The van der Waals surface area contributed by atoms with E-state index in [0.29, 0.717) is 27.5 Å². The van der Waals surface area contributed by atoms with Gasteiger partial charge in [-0.05, 0) is 55.0 Å². The summed E-state index contributed by atoms with van der Waals surface area (Å²) in [6, 6.07) is 20.0. The maximum absolute atomic E-state index is 13.2. The molecule has 0 saturated heterocycles. The number of carbonyl (C=O) groups excluding carboxylic acids is 1. The van der Waals surface area contributed by atoms with Crippen molar-refractivity contribution in [2.75, 3.05) is 5.32 Å². The maximum Gasteiger partial charge on any atom is 0.416 e. The van der Waals surface area contributed by atoms with E-state index < -0.39 is 24.5 Å². The van der Waals surface area contributed by atoms with Crippen LogP contribution in [0, 0.1) is 6.92 Å². The molecule has 1 atom stereocenters. The van der Waals surface area contributed by atoms with Gasteiger partial charge >= 0.3 is 11.9 Å². The van der Waals surface area contributed by atoms with E-state index in [1.54, 1.807) is 30.3 Å². The standard InChI is InChI=1S/C28H23ClF3N7O3/c1-17-6-2-4-8-21(17)34-26(41)20-7-3-5-9-22(20)39-16-33-24(35-39)15-38-27(42)37(14-23(40)28(30,31)32)25(36-38)18-10-12-19(29)13-11-18/h2-13,16,23,40H,14-15H2,1H3,(H,34,41)/t23-/m0/s1. The number of hydrogen-bond acceptors (Lipinski definition) is 6. The van der Waals surface area contributed by atoms with Gasteiger partial charge in [0, 0.05) is 16.3 Å². The number of para-hydroxylation sites is 2. The molecule has 14 heteroatoms. The molecular weight excluding hydrogens is 575 g/mol. The molecule has 216 valence electrons. The van der Waals surface area contributed by atoms with Gasteiger partial charge in [0.25, 0.3) is 5.91 Å². The van der Waals surface area contributed by atoms with Gasteiger partial charge < -0.3 is 10.4 Å². The molecule has 10 nitrogen and oxygen atoms in total. The Morgan fingerprint density at radius 3 is 2.43 bits per heavy atom. The molecule has 0 spiro atoms. The number of hydrogen-bond donors (Lipinski definition) is 2. The lowest BCUT2D eigenvalue weighted by molar-refractivity contribution is -0.207. The molecule has 0 aliphatic carbocycles. The fourth-order valence-corrected chi connectivity index (χ4v) is 4.31. The fourth-order valence-electron chi connectivity index (χ4n) is 4.19. The van der Waals surface area contributed by atoms with Crippen LogP contribution in [0.2, 0.25) is 5.02 Å². The fraction of sp³-hybridized carbons (Fsp3) is 0.179. The number of alkyl halides is 3. The van der Waals surface area contributed by atoms with Crippen LogP contribution in [0.1, 0.15) is 21.7 Å². The maximum atomic E-state index is 13.2. The Bertz CT molecular complexity index is 1800. The molecule has 5 rings (SSSR count). The van der Waals surface area contributed by atoms with Crippen molar-refractivity contribution in [1.29, 1.82) is 0 Å². The summed E-state index contributed by atoms with van der Waals surface area (Å²) in [7, 11) is 0. The molecule has 0 unspecified atom stereocenters. The quantitative estimate of drug-likeness (QED) is 0.272. The Balaban J connectivity index is 1.45. The number of amides is 1. The summed E-state index contributed by atoms with van der Waals surface area (Å²) in [6.07, 6.45) is -6.39. The summed E-state index contributed by atoms with van der Waals surface area (Å²) < 4.78 is 42.4. The van der Waals surface area contributed by atoms with E-state index >= 15 is 0 Å². The number of anilines is 1. The van der Waals surface area contributed by atoms with Gasteiger partial charge in [0.2, 0.25) is 0 Å². The lowest BCUT2D eigenvalue weighted by Crippen LogP contribution is -2.37. The summed E-state index contributed by atoms with van der Waals surface area (Å²) in [4.78, 5) is 30.5. The second kappa shape index (κ2) is 11.6. The Morgan fingerprint density at radius 1 is 1.02 bits per heavy atom. The first kappa shape index (κ1) is 28.8. The summed E-state index contributed by atoms with van der Waals surface area (Å²) >= 11 is 5.93. The third-order valence-corrected chi connectivity index (χ3v) is 6.63. The number of nitrogens with one attached hydrogen (secondary N) is 1. The number of rotatable bonds is 8. The number of carbonyl (C=O) groups is 1. The number of benzene rings is 3. The largest absolute Gasteiger partial charge is 0.416 e. The lowest BCUT2D eigenvalue weighted by Gasteiger charge is -2.15. The van der Waals surface area contributed by atoms with Crippen molar-refractivity contribution < 1.29 is 23.1 Å². The summed E-state index contributed by atoms with van der Waals surface area (Å²) in [5.74, 6) is -0.366. The molecule has 0 aliphatic heterocycles. The average Bonchev–Trinajstić information content (AvgIpc) is 3.55. The van der Waals surface area contributed by atoms with Crippen LogP contribution in [0.5, 0.6) is 0 Å². The highest BCUT2D eigenvalue weighted by atomic mass is 35.5. The van der Waals surface area contributed by atoms with Crippen LogP contribution in [0.25, 0.3) is 17.1 Å². The molecule has 2 N–H and O–H groups in total. The molecule has 3 aromatic carbocycles. The Kier molecular flexibility index (Phi) is 7.96. The Hall–Kier alpha value is -4.75. The molecule has 0 fully saturated rings. The van der Waals surface area contributed by atoms with Gasteiger partial charge in [-0.25, -0.2) is 19.1 Å². The minimum Gasteiger partial charge on any atom is -0.382 e. The van der Waals surface area contributed by atoms with Crippen molar-refractivity contribution in [3.8, 4) is 17.1 Å². The molecular formula is C28H23ClF3N7O3. The van der Waals surface area contributed by atoms with Crippen molar-refractivity contribution in [1.82, 2.24) is 29.1 Å². The summed E-state index contributed by atoms with van der Waals surface area (Å²) in [5, 5.41) is 21.5. The molecule has 2 aromatic heterocycles. The average molecular weight is 598 g/mol. The first-order valence-electron chi connectivity index (χ1n) is 12.6. The minimum atomic E-state index is -4.95. The van der Waals surface area contributed by atoms with Gasteiger partial charge in [-0.2, -0.15) is 13.2 Å². The molecule has 0 saturated carbocycles. The third-order valence-electron chi connectivity index (χ3n) is 6.38. The van der Waals surface area contributed by atoms with E-state index in [1.165, 1.54) is 35.3 Å². The van der Waals surface area contributed by atoms with Crippen LogP contribution in [-0.2, 0) is 13.1 Å². The van der Waals surface area contributed by atoms with Crippen LogP contribution in [-0.4, -0.2) is 52.4 Å². The highest BCUT2D eigenvalue weighted by Crippen LogP contribution is 2.24. The van der Waals surface area contributed by atoms with Gasteiger partial charge in [0.05, 0.1) is 17.8 Å². The van der Waals surface area contributed by atoms with Gasteiger partial charge in [0.1, 0.15) is 12.9 Å². The summed E-state index contributed by atoms with van der Waals surface area (Å²) in [5.41, 5.74) is 1.67. The molecule has 1 amide bonds. The van der Waals surface area contributed by atoms with Crippen LogP contribution < -0.4 is 11.0 Å². The van der Waals surface area contributed by atoms with Crippen molar-refractivity contribution in [2.24, 2.45) is 0 Å². The topological polar surface area (TPSA) is 120 Å². The highest BCUT2D eigenvalue weighted by molar-refractivity contribution is 6.30. The van der Waals surface area contributed by atoms with E-state index in [9.17, 15) is 27.9 Å². The zero-order valence-electron chi connectivity index (χ0n) is 22.0. The van der Waals surface area contributed by atoms with Crippen molar-refractivity contribution in [3.63, 3.8) is 0 Å². The molecule has 0 radical (unpaired) electrons. The number of aliphatic hydroxyl groups excluding tert-OH is 1. The SMILES string of the molecule is Cc1ccccc1NC(=O)c1ccccc1-n1cnc(Cn2nc(-c3ccc(Cl)cc3)n(C[C@H](O)C(F)(F)F)c2=O)n1. The molecule has 2 heterocycles. The van der Waals surface area contributed by atoms with Gasteiger partial charge in [-0.3, -0.25) is 9.36 Å². The molecule has 5 aromatic rings. The number of aryl methyl sites for hydroxylation is 1. The third kappa shape index (κ3) is 6.11. The van der Waals surface area contributed by atoms with Crippen LogP contribution >= 0.6 is 11.6 Å². The van der Waals surface area contributed by atoms with E-state index in [2.05, 4.69) is 20.5 Å². The van der Waals surface area contributed by atoms with E-state index in [1.807, 2.05) is 25.1 Å². The van der Waals surface area contributed by atoms with Gasteiger partial charge in [0.15, 0.2) is 17.8 Å².